The molecule has 0 fully saturated rings. The number of ether oxygens (including phenoxy) is 1. The van der Waals surface area contributed by atoms with E-state index < -0.39 is 24.0 Å². The van der Waals surface area contributed by atoms with Crippen molar-refractivity contribution < 1.29 is 24.2 Å². The van der Waals surface area contributed by atoms with Crippen molar-refractivity contribution in [3.63, 3.8) is 0 Å². The van der Waals surface area contributed by atoms with Gasteiger partial charge in [0.1, 0.15) is 18.8 Å². The molecule has 10 nitrogen and oxygen atoms in total. The van der Waals surface area contributed by atoms with Crippen LogP contribution in [0.2, 0.25) is 0 Å². The molecule has 1 aliphatic carbocycles. The minimum Gasteiger partial charge on any atom is -0.481 e. The third kappa shape index (κ3) is 5.48. The van der Waals surface area contributed by atoms with Crippen LogP contribution in [0.4, 0.5) is 4.79 Å². The Hall–Kier alpha value is -4.21. The van der Waals surface area contributed by atoms with Crippen molar-refractivity contribution in [3.8, 4) is 11.1 Å². The van der Waals surface area contributed by atoms with Crippen LogP contribution in [0.1, 0.15) is 36.6 Å². The fourth-order valence-electron chi connectivity index (χ4n) is 4.09. The number of hydrogen-bond acceptors (Lipinski definition) is 6. The van der Waals surface area contributed by atoms with E-state index in [1.165, 1.54) is 17.8 Å². The van der Waals surface area contributed by atoms with Gasteiger partial charge in [-0.05, 0) is 36.1 Å². The van der Waals surface area contributed by atoms with E-state index in [9.17, 15) is 14.4 Å². The molecule has 3 aromatic rings. The Labute approximate surface area is 202 Å². The standard InChI is InChI=1S/C25H27N5O5/c1-15(24(32)33)16(2)27-23(31)13-30-12-17(28-29-30)11-26-25(34)35-14-22-20-9-5-3-7-18(20)19-8-4-6-10-21(19)22/h3-10,12,15-16,22H,11,13-14H2,1-2H3,(H,26,34)(H,27,31)(H,32,33). The summed E-state index contributed by atoms with van der Waals surface area (Å²) in [4.78, 5) is 35.5. The Morgan fingerprint density at radius 3 is 2.31 bits per heavy atom. The second-order valence-electron chi connectivity index (χ2n) is 8.57. The van der Waals surface area contributed by atoms with Crippen molar-refractivity contribution in [2.24, 2.45) is 5.92 Å². The maximum absolute atomic E-state index is 12.3. The maximum atomic E-state index is 12.3. The summed E-state index contributed by atoms with van der Waals surface area (Å²) in [5.41, 5.74) is 5.04. The first-order valence-corrected chi connectivity index (χ1v) is 11.3. The second kappa shape index (κ2) is 10.4. The number of amides is 2. The van der Waals surface area contributed by atoms with E-state index in [0.29, 0.717) is 5.69 Å². The molecule has 35 heavy (non-hydrogen) atoms. The number of rotatable bonds is 9. The predicted molar refractivity (Wildman–Crippen MR) is 126 cm³/mol. The van der Waals surface area contributed by atoms with Gasteiger partial charge in [-0.1, -0.05) is 53.7 Å². The van der Waals surface area contributed by atoms with Gasteiger partial charge in [-0.2, -0.15) is 0 Å². The Morgan fingerprint density at radius 2 is 1.69 bits per heavy atom. The number of carbonyl (C=O) groups is 3. The summed E-state index contributed by atoms with van der Waals surface area (Å²) in [7, 11) is 0. The van der Waals surface area contributed by atoms with E-state index in [2.05, 4.69) is 45.2 Å². The van der Waals surface area contributed by atoms with E-state index in [-0.39, 0.29) is 31.5 Å². The van der Waals surface area contributed by atoms with Gasteiger partial charge in [0.05, 0.1) is 18.7 Å². The molecule has 1 aliphatic rings. The number of aliphatic carboxylic acids is 1. The molecule has 182 valence electrons. The van der Waals surface area contributed by atoms with Gasteiger partial charge in [0, 0.05) is 12.0 Å². The summed E-state index contributed by atoms with van der Waals surface area (Å²) in [6.07, 6.45) is 0.963. The zero-order chi connectivity index (χ0) is 24.9. The molecular formula is C25H27N5O5. The van der Waals surface area contributed by atoms with E-state index in [0.717, 1.165) is 22.3 Å². The molecule has 0 spiro atoms. The number of nitrogens with zero attached hydrogens (tertiary/aromatic N) is 3. The molecular weight excluding hydrogens is 450 g/mol. The number of alkyl carbamates (subject to hydrolysis) is 1. The number of fused-ring (bicyclic) bond motifs is 3. The first kappa shape index (κ1) is 23.9. The van der Waals surface area contributed by atoms with Gasteiger partial charge in [0.25, 0.3) is 0 Å². The molecule has 3 N–H and O–H groups in total. The van der Waals surface area contributed by atoms with Crippen LogP contribution in [0.25, 0.3) is 11.1 Å². The quantitative estimate of drug-likeness (QED) is 0.431. The van der Waals surface area contributed by atoms with Gasteiger partial charge in [-0.3, -0.25) is 9.59 Å². The van der Waals surface area contributed by atoms with Crippen LogP contribution in [-0.2, 0) is 27.4 Å². The molecule has 1 aromatic heterocycles. The van der Waals surface area contributed by atoms with Crippen molar-refractivity contribution in [1.29, 1.82) is 0 Å². The van der Waals surface area contributed by atoms with Crippen molar-refractivity contribution >= 4 is 18.0 Å². The number of carboxylic acids is 1. The van der Waals surface area contributed by atoms with E-state index in [1.54, 1.807) is 6.92 Å². The van der Waals surface area contributed by atoms with Gasteiger partial charge in [0.2, 0.25) is 5.91 Å². The molecule has 0 saturated carbocycles. The Bertz CT molecular complexity index is 1190. The molecule has 10 heteroatoms. The molecule has 2 atom stereocenters. The molecule has 0 aliphatic heterocycles. The molecule has 2 aromatic carbocycles. The third-order valence-electron chi connectivity index (χ3n) is 6.18. The van der Waals surface area contributed by atoms with Crippen molar-refractivity contribution in [3.05, 3.63) is 71.5 Å². The number of aromatic nitrogens is 3. The monoisotopic (exact) mass is 477 g/mol. The molecule has 0 bridgehead atoms. The van der Waals surface area contributed by atoms with E-state index in [4.69, 9.17) is 9.84 Å². The number of benzene rings is 2. The van der Waals surface area contributed by atoms with Gasteiger partial charge in [-0.25, -0.2) is 9.48 Å². The molecule has 4 rings (SSSR count). The van der Waals surface area contributed by atoms with Crippen LogP contribution in [0.5, 0.6) is 0 Å². The average Bonchev–Trinajstić information content (AvgIpc) is 3.42. The summed E-state index contributed by atoms with van der Waals surface area (Å²) in [5, 5.41) is 22.1. The minimum absolute atomic E-state index is 0.0289. The lowest BCUT2D eigenvalue weighted by atomic mass is 9.98. The normalized spacial score (nSPS) is 13.9. The topological polar surface area (TPSA) is 135 Å². The van der Waals surface area contributed by atoms with Gasteiger partial charge < -0.3 is 20.5 Å². The molecule has 1 heterocycles. The highest BCUT2D eigenvalue weighted by Crippen LogP contribution is 2.44. The molecule has 0 radical (unpaired) electrons. The smallest absolute Gasteiger partial charge is 0.407 e. The van der Waals surface area contributed by atoms with Crippen LogP contribution in [0.15, 0.2) is 54.7 Å². The zero-order valence-electron chi connectivity index (χ0n) is 19.5. The van der Waals surface area contributed by atoms with Gasteiger partial charge in [0.15, 0.2) is 0 Å². The first-order chi connectivity index (χ1) is 16.8. The van der Waals surface area contributed by atoms with Gasteiger partial charge in [-0.15, -0.1) is 5.10 Å². The summed E-state index contributed by atoms with van der Waals surface area (Å²) in [5.74, 6) is -2.11. The lowest BCUT2D eigenvalue weighted by Gasteiger charge is -2.17. The van der Waals surface area contributed by atoms with Crippen LogP contribution in [0, 0.1) is 5.92 Å². The summed E-state index contributed by atoms with van der Waals surface area (Å²) < 4.78 is 6.82. The van der Waals surface area contributed by atoms with Crippen LogP contribution < -0.4 is 10.6 Å². The predicted octanol–water partition coefficient (Wildman–Crippen LogP) is 2.54. The second-order valence-corrected chi connectivity index (χ2v) is 8.57. The number of carboxylic acid groups (broad SMARTS) is 1. The van der Waals surface area contributed by atoms with Crippen molar-refractivity contribution in [2.45, 2.75) is 38.9 Å². The Morgan fingerprint density at radius 1 is 1.06 bits per heavy atom. The number of nitrogens with one attached hydrogen (secondary N) is 2. The van der Waals surface area contributed by atoms with Gasteiger partial charge >= 0.3 is 12.1 Å². The van der Waals surface area contributed by atoms with Crippen molar-refractivity contribution in [2.75, 3.05) is 6.61 Å². The lowest BCUT2D eigenvalue weighted by molar-refractivity contribution is -0.142. The average molecular weight is 478 g/mol. The molecule has 0 saturated heterocycles. The summed E-state index contributed by atoms with van der Waals surface area (Å²) in [6.45, 7) is 3.33. The molecule has 2 unspecified atom stereocenters. The fourth-order valence-corrected chi connectivity index (χ4v) is 4.09. The first-order valence-electron chi connectivity index (χ1n) is 11.3. The molecule has 2 amide bonds. The lowest BCUT2D eigenvalue weighted by Crippen LogP contribution is -2.41. The minimum atomic E-state index is -0.986. The summed E-state index contributed by atoms with van der Waals surface area (Å²) in [6, 6.07) is 15.7. The highest BCUT2D eigenvalue weighted by atomic mass is 16.5. The van der Waals surface area contributed by atoms with Crippen molar-refractivity contribution in [1.82, 2.24) is 25.6 Å². The zero-order valence-corrected chi connectivity index (χ0v) is 19.5. The van der Waals surface area contributed by atoms with E-state index in [1.807, 2.05) is 24.3 Å². The largest absolute Gasteiger partial charge is 0.481 e. The maximum Gasteiger partial charge on any atom is 0.407 e. The summed E-state index contributed by atoms with van der Waals surface area (Å²) >= 11 is 0. The Kier molecular flexibility index (Phi) is 7.09. The van der Waals surface area contributed by atoms with Crippen LogP contribution in [0.3, 0.4) is 0 Å². The Balaban J connectivity index is 1.26. The number of hydrogen-bond donors (Lipinski definition) is 3. The highest BCUT2D eigenvalue weighted by Gasteiger charge is 2.29. The fraction of sp³-hybridized carbons (Fsp3) is 0.320. The van der Waals surface area contributed by atoms with Crippen LogP contribution >= 0.6 is 0 Å². The third-order valence-corrected chi connectivity index (χ3v) is 6.18. The number of carbonyl (C=O) groups excluding carboxylic acids is 2. The van der Waals surface area contributed by atoms with E-state index >= 15 is 0 Å². The SMILES string of the molecule is CC(NC(=O)Cn1cc(CNC(=O)OCC2c3ccccc3-c3ccccc32)nn1)C(C)C(=O)O. The van der Waals surface area contributed by atoms with Crippen LogP contribution in [-0.4, -0.2) is 50.7 Å². The highest BCUT2D eigenvalue weighted by molar-refractivity contribution is 5.79.